The van der Waals surface area contributed by atoms with Crippen LogP contribution in [0.2, 0.25) is 0 Å². The first-order chi connectivity index (χ1) is 6.61. The predicted octanol–water partition coefficient (Wildman–Crippen LogP) is 2.39. The minimum absolute atomic E-state index is 0.217. The van der Waals surface area contributed by atoms with Gasteiger partial charge in [0.2, 0.25) is 0 Å². The van der Waals surface area contributed by atoms with Crippen molar-refractivity contribution in [3.8, 4) is 0 Å². The van der Waals surface area contributed by atoms with Crippen LogP contribution in [0.15, 0.2) is 24.3 Å². The van der Waals surface area contributed by atoms with Crippen molar-refractivity contribution >= 4 is 5.69 Å². The second-order valence-corrected chi connectivity index (χ2v) is 4.10. The molecule has 1 aromatic rings. The molecular weight excluding hydrogens is 172 g/mol. The fraction of sp³-hybridized carbons (Fsp3) is 0.500. The zero-order valence-corrected chi connectivity index (χ0v) is 9.25. The van der Waals surface area contributed by atoms with E-state index in [1.165, 1.54) is 11.3 Å². The number of nitrogens with one attached hydrogen (secondary N) is 1. The lowest BCUT2D eigenvalue weighted by Crippen LogP contribution is -2.34. The fourth-order valence-electron chi connectivity index (χ4n) is 1.23. The smallest absolute Gasteiger partial charge is 0.0370 e. The Kier molecular flexibility index (Phi) is 3.96. The van der Waals surface area contributed by atoms with Gasteiger partial charge in [-0.1, -0.05) is 32.0 Å². The summed E-state index contributed by atoms with van der Waals surface area (Å²) in [5.41, 5.74) is 8.40. The van der Waals surface area contributed by atoms with Crippen molar-refractivity contribution in [2.24, 2.45) is 11.7 Å². The lowest BCUT2D eigenvalue weighted by atomic mass is 10.1. The van der Waals surface area contributed by atoms with Gasteiger partial charge in [0.15, 0.2) is 0 Å². The minimum atomic E-state index is 0.217. The largest absolute Gasteiger partial charge is 0.383 e. The molecule has 0 heterocycles. The average Bonchev–Trinajstić information content (AvgIpc) is 2.16. The molecule has 1 aromatic carbocycles. The van der Waals surface area contributed by atoms with E-state index < -0.39 is 0 Å². The Bertz CT molecular complexity index is 281. The normalized spacial score (nSPS) is 12.9. The molecule has 0 saturated carbocycles. The molecule has 78 valence electrons. The summed E-state index contributed by atoms with van der Waals surface area (Å²) in [6.45, 7) is 7.22. The quantitative estimate of drug-likeness (QED) is 0.768. The summed E-state index contributed by atoms with van der Waals surface area (Å²) in [4.78, 5) is 0. The van der Waals surface area contributed by atoms with Crippen molar-refractivity contribution in [2.75, 3.05) is 11.9 Å². The molecule has 0 aromatic heterocycles. The standard InChI is InChI=1S/C12H20N2/c1-9(2)11(13)8-14-12-7-5-4-6-10(12)3/h4-7,9,11,14H,8,13H2,1-3H3. The number of aryl methyl sites for hydroxylation is 1. The van der Waals surface area contributed by atoms with Crippen molar-refractivity contribution in [1.29, 1.82) is 0 Å². The van der Waals surface area contributed by atoms with Gasteiger partial charge in [-0.15, -0.1) is 0 Å². The molecule has 2 nitrogen and oxygen atoms in total. The second kappa shape index (κ2) is 5.01. The highest BCUT2D eigenvalue weighted by Crippen LogP contribution is 2.13. The van der Waals surface area contributed by atoms with Gasteiger partial charge in [-0.3, -0.25) is 0 Å². The molecule has 0 radical (unpaired) electrons. The fourth-order valence-corrected chi connectivity index (χ4v) is 1.23. The van der Waals surface area contributed by atoms with E-state index in [1.807, 2.05) is 12.1 Å². The minimum Gasteiger partial charge on any atom is -0.383 e. The summed E-state index contributed by atoms with van der Waals surface area (Å²) in [5.74, 6) is 0.520. The van der Waals surface area contributed by atoms with Gasteiger partial charge in [-0.25, -0.2) is 0 Å². The van der Waals surface area contributed by atoms with E-state index in [0.29, 0.717) is 5.92 Å². The zero-order chi connectivity index (χ0) is 10.6. The topological polar surface area (TPSA) is 38.0 Å². The van der Waals surface area contributed by atoms with Crippen LogP contribution in [0.4, 0.5) is 5.69 Å². The Morgan fingerprint density at radius 1 is 1.29 bits per heavy atom. The van der Waals surface area contributed by atoms with E-state index in [0.717, 1.165) is 6.54 Å². The third-order valence-corrected chi connectivity index (χ3v) is 2.53. The second-order valence-electron chi connectivity index (χ2n) is 4.10. The van der Waals surface area contributed by atoms with Crippen molar-refractivity contribution in [3.63, 3.8) is 0 Å². The first kappa shape index (κ1) is 11.1. The van der Waals surface area contributed by atoms with Crippen LogP contribution in [-0.4, -0.2) is 12.6 Å². The maximum absolute atomic E-state index is 5.95. The molecule has 0 bridgehead atoms. The SMILES string of the molecule is Cc1ccccc1NCC(N)C(C)C. The van der Waals surface area contributed by atoms with Crippen molar-refractivity contribution in [2.45, 2.75) is 26.8 Å². The monoisotopic (exact) mass is 192 g/mol. The van der Waals surface area contributed by atoms with E-state index in [-0.39, 0.29) is 6.04 Å². The highest BCUT2D eigenvalue weighted by molar-refractivity contribution is 5.50. The van der Waals surface area contributed by atoms with Crippen LogP contribution < -0.4 is 11.1 Å². The summed E-state index contributed by atoms with van der Waals surface area (Å²) in [7, 11) is 0. The van der Waals surface area contributed by atoms with Gasteiger partial charge in [0, 0.05) is 18.3 Å². The first-order valence-corrected chi connectivity index (χ1v) is 5.16. The highest BCUT2D eigenvalue weighted by Gasteiger charge is 2.06. The Hall–Kier alpha value is -1.02. The Balaban J connectivity index is 2.50. The van der Waals surface area contributed by atoms with Crippen molar-refractivity contribution in [3.05, 3.63) is 29.8 Å². The Labute approximate surface area is 86.5 Å². The number of hydrogen-bond donors (Lipinski definition) is 2. The maximum atomic E-state index is 5.95. The number of hydrogen-bond acceptors (Lipinski definition) is 2. The number of rotatable bonds is 4. The molecule has 0 aliphatic rings. The van der Waals surface area contributed by atoms with Crippen LogP contribution in [-0.2, 0) is 0 Å². The molecule has 0 amide bonds. The van der Waals surface area contributed by atoms with Gasteiger partial charge >= 0.3 is 0 Å². The molecule has 14 heavy (non-hydrogen) atoms. The number of anilines is 1. The van der Waals surface area contributed by atoms with Crippen LogP contribution >= 0.6 is 0 Å². The molecule has 1 atom stereocenters. The van der Waals surface area contributed by atoms with Gasteiger partial charge < -0.3 is 11.1 Å². The zero-order valence-electron chi connectivity index (χ0n) is 9.25. The van der Waals surface area contributed by atoms with Crippen LogP contribution in [0.25, 0.3) is 0 Å². The number of nitrogens with two attached hydrogens (primary N) is 1. The van der Waals surface area contributed by atoms with Gasteiger partial charge in [-0.2, -0.15) is 0 Å². The molecular formula is C12H20N2. The third-order valence-electron chi connectivity index (χ3n) is 2.53. The molecule has 1 rings (SSSR count). The Morgan fingerprint density at radius 2 is 1.93 bits per heavy atom. The molecule has 0 spiro atoms. The third kappa shape index (κ3) is 3.04. The van der Waals surface area contributed by atoms with Crippen molar-refractivity contribution in [1.82, 2.24) is 0 Å². The lowest BCUT2D eigenvalue weighted by molar-refractivity contribution is 0.511. The van der Waals surface area contributed by atoms with E-state index in [1.54, 1.807) is 0 Å². The van der Waals surface area contributed by atoms with Crippen LogP contribution in [0.3, 0.4) is 0 Å². The molecule has 3 N–H and O–H groups in total. The van der Waals surface area contributed by atoms with E-state index >= 15 is 0 Å². The summed E-state index contributed by atoms with van der Waals surface area (Å²) < 4.78 is 0. The van der Waals surface area contributed by atoms with E-state index in [4.69, 9.17) is 5.73 Å². The molecule has 0 aliphatic carbocycles. The van der Waals surface area contributed by atoms with Crippen molar-refractivity contribution < 1.29 is 0 Å². The maximum Gasteiger partial charge on any atom is 0.0370 e. The van der Waals surface area contributed by atoms with Gasteiger partial charge in [-0.05, 0) is 24.5 Å². The van der Waals surface area contributed by atoms with Gasteiger partial charge in [0.1, 0.15) is 0 Å². The van der Waals surface area contributed by atoms with E-state index in [2.05, 4.69) is 38.2 Å². The number of benzene rings is 1. The average molecular weight is 192 g/mol. The molecule has 0 fully saturated rings. The highest BCUT2D eigenvalue weighted by atomic mass is 14.9. The van der Waals surface area contributed by atoms with E-state index in [9.17, 15) is 0 Å². The molecule has 0 saturated heterocycles. The Morgan fingerprint density at radius 3 is 2.50 bits per heavy atom. The van der Waals surface area contributed by atoms with Gasteiger partial charge in [0.05, 0.1) is 0 Å². The summed E-state index contributed by atoms with van der Waals surface area (Å²) in [5, 5.41) is 3.37. The lowest BCUT2D eigenvalue weighted by Gasteiger charge is -2.17. The summed E-state index contributed by atoms with van der Waals surface area (Å²) in [6.07, 6.45) is 0. The predicted molar refractivity (Wildman–Crippen MR) is 62.5 cm³/mol. The van der Waals surface area contributed by atoms with Crippen LogP contribution in [0, 0.1) is 12.8 Å². The molecule has 1 unspecified atom stereocenters. The van der Waals surface area contributed by atoms with Crippen LogP contribution in [0.1, 0.15) is 19.4 Å². The molecule has 0 aliphatic heterocycles. The first-order valence-electron chi connectivity index (χ1n) is 5.16. The summed E-state index contributed by atoms with van der Waals surface area (Å²) >= 11 is 0. The summed E-state index contributed by atoms with van der Waals surface area (Å²) in [6, 6.07) is 8.49. The molecule has 2 heteroatoms. The van der Waals surface area contributed by atoms with Crippen LogP contribution in [0.5, 0.6) is 0 Å². The van der Waals surface area contributed by atoms with Gasteiger partial charge in [0.25, 0.3) is 0 Å². The number of para-hydroxylation sites is 1.